The Labute approximate surface area is 178 Å². The van der Waals surface area contributed by atoms with Crippen LogP contribution in [0.15, 0.2) is 46.9 Å². The zero-order chi connectivity index (χ0) is 20.1. The SMILES string of the molecule is CCCC(=O)N1CCN(c2ccc(Cl)cc2NC(=O)c2cccc(Br)c2)CC1. The van der Waals surface area contributed by atoms with Crippen LogP contribution in [-0.4, -0.2) is 42.9 Å². The summed E-state index contributed by atoms with van der Waals surface area (Å²) < 4.78 is 0.847. The van der Waals surface area contributed by atoms with Crippen LogP contribution in [0.25, 0.3) is 0 Å². The highest BCUT2D eigenvalue weighted by molar-refractivity contribution is 9.10. The molecule has 148 valence electrons. The summed E-state index contributed by atoms with van der Waals surface area (Å²) in [6.07, 6.45) is 1.46. The predicted octanol–water partition coefficient (Wildman–Crippen LogP) is 4.80. The molecular weight excluding hydrogens is 442 g/mol. The largest absolute Gasteiger partial charge is 0.366 e. The van der Waals surface area contributed by atoms with Crippen molar-refractivity contribution < 1.29 is 9.59 Å². The summed E-state index contributed by atoms with van der Waals surface area (Å²) in [5, 5.41) is 3.54. The standard InChI is InChI=1S/C21H23BrClN3O2/c1-2-4-20(27)26-11-9-25(10-12-26)19-8-7-17(23)14-18(19)24-21(28)15-5-3-6-16(22)13-15/h3,5-8,13-14H,2,4,9-12H2,1H3,(H,24,28). The van der Waals surface area contributed by atoms with Gasteiger partial charge in [-0.3, -0.25) is 9.59 Å². The van der Waals surface area contributed by atoms with E-state index < -0.39 is 0 Å². The van der Waals surface area contributed by atoms with Crippen LogP contribution in [0.5, 0.6) is 0 Å². The van der Waals surface area contributed by atoms with E-state index in [0.29, 0.717) is 35.8 Å². The van der Waals surface area contributed by atoms with E-state index in [2.05, 4.69) is 26.1 Å². The zero-order valence-corrected chi connectivity index (χ0v) is 18.1. The van der Waals surface area contributed by atoms with Gasteiger partial charge in [-0.25, -0.2) is 0 Å². The average molecular weight is 465 g/mol. The smallest absolute Gasteiger partial charge is 0.255 e. The molecule has 1 heterocycles. The Morgan fingerprint density at radius 1 is 1.11 bits per heavy atom. The van der Waals surface area contributed by atoms with Gasteiger partial charge in [0.15, 0.2) is 0 Å². The minimum Gasteiger partial charge on any atom is -0.366 e. The van der Waals surface area contributed by atoms with Crippen molar-refractivity contribution in [3.63, 3.8) is 0 Å². The molecule has 3 rings (SSSR count). The Morgan fingerprint density at radius 2 is 1.86 bits per heavy atom. The fourth-order valence-electron chi connectivity index (χ4n) is 3.28. The van der Waals surface area contributed by atoms with Gasteiger partial charge < -0.3 is 15.1 Å². The Hall–Kier alpha value is -2.05. The Morgan fingerprint density at radius 3 is 2.54 bits per heavy atom. The summed E-state index contributed by atoms with van der Waals surface area (Å²) in [6, 6.07) is 12.7. The van der Waals surface area contributed by atoms with E-state index in [1.165, 1.54) is 0 Å². The number of nitrogens with zero attached hydrogens (tertiary/aromatic N) is 2. The van der Waals surface area contributed by atoms with Gasteiger partial charge >= 0.3 is 0 Å². The van der Waals surface area contributed by atoms with Crippen molar-refractivity contribution in [2.75, 3.05) is 36.4 Å². The molecule has 1 aliphatic rings. The number of carbonyl (C=O) groups is 2. The van der Waals surface area contributed by atoms with Crippen LogP contribution in [0, 0.1) is 0 Å². The number of benzene rings is 2. The summed E-state index contributed by atoms with van der Waals surface area (Å²) in [5.74, 6) is 0.0167. The lowest BCUT2D eigenvalue weighted by Crippen LogP contribution is -2.48. The van der Waals surface area contributed by atoms with Crippen molar-refractivity contribution in [2.45, 2.75) is 19.8 Å². The summed E-state index contributed by atoms with van der Waals surface area (Å²) in [6.45, 7) is 4.82. The lowest BCUT2D eigenvalue weighted by Gasteiger charge is -2.37. The van der Waals surface area contributed by atoms with E-state index in [1.807, 2.05) is 36.1 Å². The van der Waals surface area contributed by atoms with Gasteiger partial charge in [-0.15, -0.1) is 0 Å². The third kappa shape index (κ3) is 5.06. The molecule has 0 saturated carbocycles. The quantitative estimate of drug-likeness (QED) is 0.691. The molecule has 1 fully saturated rings. The van der Waals surface area contributed by atoms with Crippen molar-refractivity contribution in [3.8, 4) is 0 Å². The number of halogens is 2. The average Bonchev–Trinajstić information content (AvgIpc) is 2.68. The van der Waals surface area contributed by atoms with Crippen LogP contribution >= 0.6 is 27.5 Å². The van der Waals surface area contributed by atoms with E-state index in [9.17, 15) is 9.59 Å². The first-order valence-electron chi connectivity index (χ1n) is 9.37. The molecule has 0 bridgehead atoms. The highest BCUT2D eigenvalue weighted by atomic mass is 79.9. The Kier molecular flexibility index (Phi) is 6.97. The van der Waals surface area contributed by atoms with E-state index in [1.54, 1.807) is 18.2 Å². The first-order chi connectivity index (χ1) is 13.5. The van der Waals surface area contributed by atoms with Crippen molar-refractivity contribution >= 4 is 50.7 Å². The molecule has 2 aromatic rings. The predicted molar refractivity (Wildman–Crippen MR) is 117 cm³/mol. The molecule has 0 unspecified atom stereocenters. The second-order valence-corrected chi connectivity index (χ2v) is 8.10. The Bertz CT molecular complexity index is 866. The summed E-state index contributed by atoms with van der Waals surface area (Å²) in [7, 11) is 0. The van der Waals surface area contributed by atoms with Crippen molar-refractivity contribution in [1.82, 2.24) is 4.90 Å². The van der Waals surface area contributed by atoms with Gasteiger partial charge in [0, 0.05) is 47.7 Å². The third-order valence-corrected chi connectivity index (χ3v) is 5.46. The van der Waals surface area contributed by atoms with Gasteiger partial charge in [0.25, 0.3) is 5.91 Å². The summed E-state index contributed by atoms with van der Waals surface area (Å²) in [5.41, 5.74) is 2.15. The van der Waals surface area contributed by atoms with Crippen molar-refractivity contribution in [1.29, 1.82) is 0 Å². The van der Waals surface area contributed by atoms with Crippen LogP contribution in [-0.2, 0) is 4.79 Å². The topological polar surface area (TPSA) is 52.7 Å². The zero-order valence-electron chi connectivity index (χ0n) is 15.8. The van der Waals surface area contributed by atoms with Crippen molar-refractivity contribution in [2.24, 2.45) is 0 Å². The number of hydrogen-bond acceptors (Lipinski definition) is 3. The number of rotatable bonds is 5. The lowest BCUT2D eigenvalue weighted by molar-refractivity contribution is -0.131. The first-order valence-corrected chi connectivity index (χ1v) is 10.5. The van der Waals surface area contributed by atoms with Crippen LogP contribution in [0.1, 0.15) is 30.1 Å². The minimum atomic E-state index is -0.193. The van der Waals surface area contributed by atoms with Crippen molar-refractivity contribution in [3.05, 3.63) is 57.5 Å². The maximum atomic E-state index is 12.7. The van der Waals surface area contributed by atoms with E-state index >= 15 is 0 Å². The van der Waals surface area contributed by atoms with Crippen LogP contribution in [0.3, 0.4) is 0 Å². The molecule has 0 aromatic heterocycles. The van der Waals surface area contributed by atoms with E-state index in [4.69, 9.17) is 11.6 Å². The summed E-state index contributed by atoms with van der Waals surface area (Å²) in [4.78, 5) is 28.9. The summed E-state index contributed by atoms with van der Waals surface area (Å²) >= 11 is 9.57. The number of anilines is 2. The van der Waals surface area contributed by atoms with Gasteiger partial charge in [0.05, 0.1) is 11.4 Å². The molecule has 0 spiro atoms. The number of hydrogen-bond donors (Lipinski definition) is 1. The van der Waals surface area contributed by atoms with E-state index in [-0.39, 0.29) is 11.8 Å². The molecule has 5 nitrogen and oxygen atoms in total. The minimum absolute atomic E-state index is 0.193. The molecule has 1 aliphatic heterocycles. The monoisotopic (exact) mass is 463 g/mol. The molecule has 2 aromatic carbocycles. The van der Waals surface area contributed by atoms with Gasteiger partial charge in [0.1, 0.15) is 0 Å². The number of amides is 2. The molecule has 7 heteroatoms. The highest BCUT2D eigenvalue weighted by Crippen LogP contribution is 2.30. The van der Waals surface area contributed by atoms with Gasteiger partial charge in [-0.05, 0) is 42.8 Å². The molecule has 0 atom stereocenters. The first kappa shape index (κ1) is 20.7. The maximum absolute atomic E-state index is 12.7. The molecule has 1 N–H and O–H groups in total. The van der Waals surface area contributed by atoms with Gasteiger partial charge in [-0.2, -0.15) is 0 Å². The molecule has 28 heavy (non-hydrogen) atoms. The molecule has 0 aliphatic carbocycles. The number of carbonyl (C=O) groups excluding carboxylic acids is 2. The lowest BCUT2D eigenvalue weighted by atomic mass is 10.1. The normalized spacial score (nSPS) is 14.1. The van der Waals surface area contributed by atoms with Gasteiger partial charge in [-0.1, -0.05) is 40.5 Å². The fourth-order valence-corrected chi connectivity index (χ4v) is 3.85. The number of piperazine rings is 1. The van der Waals surface area contributed by atoms with Gasteiger partial charge in [0.2, 0.25) is 5.91 Å². The van der Waals surface area contributed by atoms with Crippen LogP contribution in [0.4, 0.5) is 11.4 Å². The number of nitrogens with one attached hydrogen (secondary N) is 1. The Balaban J connectivity index is 1.75. The van der Waals surface area contributed by atoms with E-state index in [0.717, 1.165) is 29.7 Å². The highest BCUT2D eigenvalue weighted by Gasteiger charge is 2.23. The second kappa shape index (κ2) is 9.43. The molecule has 0 radical (unpaired) electrons. The fraction of sp³-hybridized carbons (Fsp3) is 0.333. The van der Waals surface area contributed by atoms with Crippen LogP contribution < -0.4 is 10.2 Å². The molecule has 2 amide bonds. The molecular formula is C21H23BrClN3O2. The second-order valence-electron chi connectivity index (χ2n) is 6.74. The maximum Gasteiger partial charge on any atom is 0.255 e. The third-order valence-electron chi connectivity index (χ3n) is 4.73. The molecule has 1 saturated heterocycles. The van der Waals surface area contributed by atoms with Crippen LogP contribution in [0.2, 0.25) is 5.02 Å².